The van der Waals surface area contributed by atoms with Gasteiger partial charge >= 0.3 is 0 Å². The number of thioether (sulfide) groups is 1. The topological polar surface area (TPSA) is 47.4 Å². The highest BCUT2D eigenvalue weighted by atomic mass is 35.5. The summed E-state index contributed by atoms with van der Waals surface area (Å²) in [6, 6.07) is 25.7. The molecule has 1 saturated carbocycles. The molecule has 0 unspecified atom stereocenters. The molecule has 202 valence electrons. The molecule has 0 radical (unpaired) electrons. The Morgan fingerprint density at radius 3 is 2.42 bits per heavy atom. The average molecular weight is 586 g/mol. The van der Waals surface area contributed by atoms with Crippen molar-refractivity contribution in [3.8, 4) is 22.7 Å². The van der Waals surface area contributed by atoms with Gasteiger partial charge in [0.1, 0.15) is 16.7 Å². The van der Waals surface area contributed by atoms with Crippen LogP contribution < -0.4 is 4.74 Å². The van der Waals surface area contributed by atoms with E-state index in [0.29, 0.717) is 20.9 Å². The van der Waals surface area contributed by atoms with Crippen LogP contribution in [0.3, 0.4) is 0 Å². The molecule has 1 aliphatic carbocycles. The maximum Gasteiger partial charge on any atom is 0.266 e. The normalized spacial score (nSPS) is 17.1. The van der Waals surface area contributed by atoms with Crippen molar-refractivity contribution in [2.24, 2.45) is 0 Å². The van der Waals surface area contributed by atoms with Crippen LogP contribution in [0.5, 0.6) is 5.75 Å². The summed E-state index contributed by atoms with van der Waals surface area (Å²) in [5.41, 5.74) is 4.57. The molecule has 40 heavy (non-hydrogen) atoms. The second-order valence-electron chi connectivity index (χ2n) is 10.00. The first kappa shape index (κ1) is 26.8. The lowest BCUT2D eigenvalue weighted by Gasteiger charge is -2.29. The molecule has 1 aliphatic heterocycles. The minimum Gasteiger partial charge on any atom is -0.489 e. The lowest BCUT2D eigenvalue weighted by atomic mass is 9.94. The van der Waals surface area contributed by atoms with Crippen molar-refractivity contribution in [2.45, 2.75) is 44.8 Å². The summed E-state index contributed by atoms with van der Waals surface area (Å²) in [4.78, 5) is 16.0. The third kappa shape index (κ3) is 5.87. The number of carbonyl (C=O) groups excluding carboxylic acids is 1. The Labute approximate surface area is 248 Å². The lowest BCUT2D eigenvalue weighted by molar-refractivity contribution is -0.124. The minimum absolute atomic E-state index is 0.00579. The van der Waals surface area contributed by atoms with Crippen LogP contribution in [0, 0.1) is 0 Å². The van der Waals surface area contributed by atoms with Crippen LogP contribution in [-0.2, 0) is 11.4 Å². The van der Waals surface area contributed by atoms with Gasteiger partial charge in [0.05, 0.1) is 16.3 Å². The number of benzene rings is 3. The van der Waals surface area contributed by atoms with Gasteiger partial charge in [0, 0.05) is 28.4 Å². The van der Waals surface area contributed by atoms with Gasteiger partial charge in [-0.3, -0.25) is 9.69 Å². The smallest absolute Gasteiger partial charge is 0.266 e. The quantitative estimate of drug-likeness (QED) is 0.161. The van der Waals surface area contributed by atoms with Gasteiger partial charge in [-0.25, -0.2) is 4.68 Å². The maximum atomic E-state index is 13.5. The van der Waals surface area contributed by atoms with E-state index in [4.69, 9.17) is 33.7 Å². The Kier molecular flexibility index (Phi) is 8.05. The molecule has 1 saturated heterocycles. The lowest BCUT2D eigenvalue weighted by Crippen LogP contribution is -2.39. The fourth-order valence-electron chi connectivity index (χ4n) is 5.16. The number of halogens is 1. The van der Waals surface area contributed by atoms with E-state index in [9.17, 15) is 4.79 Å². The number of nitrogens with zero attached hydrogens (tertiary/aromatic N) is 3. The van der Waals surface area contributed by atoms with E-state index in [2.05, 4.69) is 0 Å². The Bertz CT molecular complexity index is 1540. The highest BCUT2D eigenvalue weighted by Gasteiger charge is 2.37. The third-order valence-corrected chi connectivity index (χ3v) is 8.84. The zero-order valence-electron chi connectivity index (χ0n) is 21.8. The molecule has 0 bridgehead atoms. The number of rotatable bonds is 7. The predicted octanol–water partition coefficient (Wildman–Crippen LogP) is 8.31. The van der Waals surface area contributed by atoms with E-state index < -0.39 is 0 Å². The first-order chi connectivity index (χ1) is 19.5. The SMILES string of the molecule is O=C1C(=Cc2cn(-c3ccccc3)nc2-c2ccc(OCc3ccc(Cl)cc3)cc2)SC(=S)N1C1CCCCC1. The van der Waals surface area contributed by atoms with Crippen LogP contribution in [0.25, 0.3) is 23.0 Å². The number of carbonyl (C=O) groups is 1. The molecular weight excluding hydrogens is 558 g/mol. The van der Waals surface area contributed by atoms with Gasteiger partial charge in [-0.15, -0.1) is 0 Å². The van der Waals surface area contributed by atoms with Crippen molar-refractivity contribution < 1.29 is 9.53 Å². The maximum absolute atomic E-state index is 13.5. The number of para-hydroxylation sites is 1. The first-order valence-corrected chi connectivity index (χ1v) is 15.1. The highest BCUT2D eigenvalue weighted by Crippen LogP contribution is 2.38. The predicted molar refractivity (Wildman–Crippen MR) is 167 cm³/mol. The number of amides is 1. The largest absolute Gasteiger partial charge is 0.489 e. The molecule has 4 aromatic rings. The fraction of sp³-hybridized carbons (Fsp3) is 0.219. The molecule has 0 atom stereocenters. The summed E-state index contributed by atoms with van der Waals surface area (Å²) in [6.07, 6.45) is 9.47. The zero-order valence-corrected chi connectivity index (χ0v) is 24.2. The number of hydrogen-bond acceptors (Lipinski definition) is 5. The number of thiocarbonyl (C=S) groups is 1. The standard InChI is InChI=1S/C32H28ClN3O2S2/c33-25-15-11-22(12-16-25)21-38-28-17-13-23(14-18-28)30-24(20-35(34-30)26-7-3-1-4-8-26)19-29-31(37)36(32(39)40-29)27-9-5-2-6-10-27/h1,3-4,7-8,11-20,27H,2,5-6,9-10,21H2. The molecule has 5 nitrogen and oxygen atoms in total. The van der Waals surface area contributed by atoms with Gasteiger partial charge in [0.25, 0.3) is 5.91 Å². The van der Waals surface area contributed by atoms with Crippen LogP contribution in [-0.4, -0.2) is 30.9 Å². The van der Waals surface area contributed by atoms with E-state index in [1.165, 1.54) is 18.2 Å². The van der Waals surface area contributed by atoms with Crippen molar-refractivity contribution in [1.29, 1.82) is 0 Å². The van der Waals surface area contributed by atoms with Crippen LogP contribution in [0.4, 0.5) is 0 Å². The molecular formula is C32H28ClN3O2S2. The Balaban J connectivity index is 1.28. The second kappa shape index (κ2) is 12.0. The van der Waals surface area contributed by atoms with Crippen LogP contribution in [0.1, 0.15) is 43.2 Å². The van der Waals surface area contributed by atoms with Gasteiger partial charge in [-0.05, 0) is 73.0 Å². The third-order valence-electron chi connectivity index (χ3n) is 7.26. The van der Waals surface area contributed by atoms with E-state index in [-0.39, 0.29) is 11.9 Å². The zero-order chi connectivity index (χ0) is 27.5. The summed E-state index contributed by atoms with van der Waals surface area (Å²) < 4.78 is 8.49. The molecule has 0 spiro atoms. The molecule has 6 rings (SSSR count). The summed E-state index contributed by atoms with van der Waals surface area (Å²) in [7, 11) is 0. The van der Waals surface area contributed by atoms with Crippen molar-refractivity contribution in [3.05, 3.63) is 106 Å². The van der Waals surface area contributed by atoms with Crippen molar-refractivity contribution in [3.63, 3.8) is 0 Å². The van der Waals surface area contributed by atoms with Gasteiger partial charge in [0.2, 0.25) is 0 Å². The van der Waals surface area contributed by atoms with E-state index in [1.807, 2.05) is 101 Å². The fourth-order valence-corrected chi connectivity index (χ4v) is 6.68. The Morgan fingerprint density at radius 1 is 0.975 bits per heavy atom. The van der Waals surface area contributed by atoms with Gasteiger partial charge in [-0.2, -0.15) is 5.10 Å². The molecule has 2 aliphatic rings. The minimum atomic E-state index is 0.00579. The summed E-state index contributed by atoms with van der Waals surface area (Å²) in [6.45, 7) is 0.452. The van der Waals surface area contributed by atoms with Crippen LogP contribution >= 0.6 is 35.6 Å². The second-order valence-corrected chi connectivity index (χ2v) is 12.1. The van der Waals surface area contributed by atoms with Crippen molar-refractivity contribution in [1.82, 2.24) is 14.7 Å². The molecule has 2 heterocycles. The summed E-state index contributed by atoms with van der Waals surface area (Å²) in [5.74, 6) is 0.766. The summed E-state index contributed by atoms with van der Waals surface area (Å²) in [5, 5.41) is 5.63. The summed E-state index contributed by atoms with van der Waals surface area (Å²) >= 11 is 13.0. The van der Waals surface area contributed by atoms with Gasteiger partial charge < -0.3 is 4.74 Å². The monoisotopic (exact) mass is 585 g/mol. The average Bonchev–Trinajstić information content (AvgIpc) is 3.54. The van der Waals surface area contributed by atoms with Gasteiger partial charge in [-0.1, -0.05) is 85.2 Å². The highest BCUT2D eigenvalue weighted by molar-refractivity contribution is 8.26. The van der Waals surface area contributed by atoms with Crippen LogP contribution in [0.2, 0.25) is 5.02 Å². The van der Waals surface area contributed by atoms with Crippen molar-refractivity contribution >= 4 is 51.9 Å². The first-order valence-electron chi connectivity index (χ1n) is 13.4. The Hall–Kier alpha value is -3.39. The van der Waals surface area contributed by atoms with E-state index in [1.54, 1.807) is 0 Å². The molecule has 3 aromatic carbocycles. The molecule has 2 fully saturated rings. The molecule has 1 amide bonds. The molecule has 0 N–H and O–H groups in total. The van der Waals surface area contributed by atoms with Gasteiger partial charge in [0.15, 0.2) is 0 Å². The molecule has 1 aromatic heterocycles. The number of aromatic nitrogens is 2. The number of ether oxygens (including phenoxy) is 1. The van der Waals surface area contributed by atoms with Crippen LogP contribution in [0.15, 0.2) is 90.0 Å². The van der Waals surface area contributed by atoms with Crippen molar-refractivity contribution in [2.75, 3.05) is 0 Å². The van der Waals surface area contributed by atoms with E-state index >= 15 is 0 Å². The molecule has 8 heteroatoms. The van der Waals surface area contributed by atoms with E-state index in [0.717, 1.165) is 59.5 Å². The Morgan fingerprint density at radius 2 is 1.70 bits per heavy atom. The number of hydrogen-bond donors (Lipinski definition) is 0.